The Balaban J connectivity index is 2.34. The van der Waals surface area contributed by atoms with Crippen molar-refractivity contribution in [2.75, 3.05) is 18.5 Å². The van der Waals surface area contributed by atoms with E-state index >= 15 is 0 Å². The van der Waals surface area contributed by atoms with Crippen LogP contribution in [0.1, 0.15) is 38.7 Å². The molecule has 2 rings (SSSR count). The van der Waals surface area contributed by atoms with Crippen molar-refractivity contribution in [3.63, 3.8) is 0 Å². The van der Waals surface area contributed by atoms with E-state index in [1.54, 1.807) is 0 Å². The Morgan fingerprint density at radius 3 is 2.68 bits per heavy atom. The minimum atomic E-state index is 0.117. The molecular formula is C17H28N2. The van der Waals surface area contributed by atoms with Crippen LogP contribution in [-0.2, 0) is 0 Å². The Hall–Kier alpha value is -1.02. The second-order valence-electron chi connectivity index (χ2n) is 6.49. The maximum atomic E-state index is 6.23. The van der Waals surface area contributed by atoms with Crippen LogP contribution < -0.4 is 10.6 Å². The Morgan fingerprint density at radius 2 is 2.05 bits per heavy atom. The van der Waals surface area contributed by atoms with Crippen molar-refractivity contribution in [2.24, 2.45) is 17.6 Å². The van der Waals surface area contributed by atoms with E-state index in [9.17, 15) is 0 Å². The summed E-state index contributed by atoms with van der Waals surface area (Å²) in [7, 11) is 2.22. The van der Waals surface area contributed by atoms with Crippen molar-refractivity contribution in [1.82, 2.24) is 0 Å². The Morgan fingerprint density at radius 1 is 1.32 bits per heavy atom. The molecule has 106 valence electrons. The van der Waals surface area contributed by atoms with Gasteiger partial charge in [-0.1, -0.05) is 32.4 Å². The molecule has 1 saturated carbocycles. The van der Waals surface area contributed by atoms with Gasteiger partial charge in [0, 0.05) is 19.3 Å². The topological polar surface area (TPSA) is 29.3 Å². The number of hydrogen-bond acceptors (Lipinski definition) is 2. The summed E-state index contributed by atoms with van der Waals surface area (Å²) in [6.07, 6.45) is 3.83. The van der Waals surface area contributed by atoms with E-state index < -0.39 is 0 Å². The lowest BCUT2D eigenvalue weighted by Crippen LogP contribution is -2.59. The molecule has 3 unspecified atom stereocenters. The van der Waals surface area contributed by atoms with Crippen LogP contribution in [0.15, 0.2) is 24.3 Å². The van der Waals surface area contributed by atoms with Crippen LogP contribution in [0, 0.1) is 18.8 Å². The van der Waals surface area contributed by atoms with Gasteiger partial charge < -0.3 is 10.6 Å². The smallest absolute Gasteiger partial charge is 0.0548 e. The molecule has 3 atom stereocenters. The number of hydrogen-bond donors (Lipinski definition) is 1. The molecule has 1 aliphatic rings. The molecule has 0 aliphatic heterocycles. The number of likely N-dealkylation sites (N-methyl/N-ethyl adjacent to an activating group) is 1. The molecule has 19 heavy (non-hydrogen) atoms. The molecule has 0 bridgehead atoms. The van der Waals surface area contributed by atoms with E-state index in [0.717, 1.165) is 12.5 Å². The summed E-state index contributed by atoms with van der Waals surface area (Å²) < 4.78 is 0. The zero-order valence-electron chi connectivity index (χ0n) is 12.8. The molecule has 0 radical (unpaired) electrons. The first kappa shape index (κ1) is 14.4. The van der Waals surface area contributed by atoms with Crippen molar-refractivity contribution >= 4 is 5.69 Å². The molecule has 0 spiro atoms. The minimum Gasteiger partial charge on any atom is -0.367 e. The Labute approximate surface area is 118 Å². The number of nitrogens with two attached hydrogens (primary N) is 1. The Kier molecular flexibility index (Phi) is 4.19. The molecule has 1 fully saturated rings. The van der Waals surface area contributed by atoms with E-state index in [1.165, 1.54) is 30.5 Å². The maximum absolute atomic E-state index is 6.23. The summed E-state index contributed by atoms with van der Waals surface area (Å²) in [4.78, 5) is 2.44. The molecule has 0 saturated heterocycles. The van der Waals surface area contributed by atoms with Crippen molar-refractivity contribution in [1.29, 1.82) is 0 Å². The molecular weight excluding hydrogens is 232 g/mol. The molecule has 2 heteroatoms. The van der Waals surface area contributed by atoms with Gasteiger partial charge in [0.2, 0.25) is 0 Å². The lowest BCUT2D eigenvalue weighted by Gasteiger charge is -2.51. The van der Waals surface area contributed by atoms with Gasteiger partial charge in [-0.05, 0) is 49.3 Å². The molecule has 1 aromatic carbocycles. The molecule has 2 nitrogen and oxygen atoms in total. The first-order valence-corrected chi connectivity index (χ1v) is 7.50. The number of rotatable bonds is 3. The number of aryl methyl sites for hydroxylation is 1. The van der Waals surface area contributed by atoms with E-state index in [4.69, 9.17) is 5.73 Å². The van der Waals surface area contributed by atoms with Crippen LogP contribution >= 0.6 is 0 Å². The van der Waals surface area contributed by atoms with Gasteiger partial charge in [0.05, 0.1) is 5.54 Å². The third kappa shape index (κ3) is 2.64. The summed E-state index contributed by atoms with van der Waals surface area (Å²) in [5.74, 6) is 1.42. The first-order valence-electron chi connectivity index (χ1n) is 7.50. The maximum Gasteiger partial charge on any atom is 0.0548 e. The van der Waals surface area contributed by atoms with Crippen LogP contribution in [0.5, 0.6) is 0 Å². The highest BCUT2D eigenvalue weighted by Crippen LogP contribution is 2.41. The second-order valence-corrected chi connectivity index (χ2v) is 6.49. The van der Waals surface area contributed by atoms with Gasteiger partial charge in [0.25, 0.3) is 0 Å². The van der Waals surface area contributed by atoms with Crippen molar-refractivity contribution in [2.45, 2.75) is 45.6 Å². The predicted molar refractivity (Wildman–Crippen MR) is 83.5 cm³/mol. The van der Waals surface area contributed by atoms with E-state index in [0.29, 0.717) is 5.92 Å². The lowest BCUT2D eigenvalue weighted by atomic mass is 9.68. The summed E-state index contributed by atoms with van der Waals surface area (Å²) >= 11 is 0. The highest BCUT2D eigenvalue weighted by molar-refractivity contribution is 5.50. The average Bonchev–Trinajstić information content (AvgIpc) is 2.41. The fraction of sp³-hybridized carbons (Fsp3) is 0.647. The van der Waals surface area contributed by atoms with Gasteiger partial charge in [-0.25, -0.2) is 0 Å². The van der Waals surface area contributed by atoms with Crippen LogP contribution in [0.3, 0.4) is 0 Å². The average molecular weight is 260 g/mol. The summed E-state index contributed by atoms with van der Waals surface area (Å²) in [5, 5.41) is 0. The fourth-order valence-corrected chi connectivity index (χ4v) is 3.69. The molecule has 1 aromatic rings. The van der Waals surface area contributed by atoms with Crippen LogP contribution in [-0.4, -0.2) is 19.1 Å². The monoisotopic (exact) mass is 260 g/mol. The van der Waals surface area contributed by atoms with Crippen molar-refractivity contribution in [3.05, 3.63) is 29.8 Å². The van der Waals surface area contributed by atoms with Gasteiger partial charge in [-0.15, -0.1) is 0 Å². The summed E-state index contributed by atoms with van der Waals surface area (Å²) in [5.41, 5.74) is 8.95. The summed E-state index contributed by atoms with van der Waals surface area (Å²) in [6.45, 7) is 7.62. The molecule has 0 aromatic heterocycles. The lowest BCUT2D eigenvalue weighted by molar-refractivity contribution is 0.162. The molecule has 0 amide bonds. The number of benzene rings is 1. The van der Waals surface area contributed by atoms with E-state index in [1.807, 2.05) is 0 Å². The molecule has 2 N–H and O–H groups in total. The van der Waals surface area contributed by atoms with Gasteiger partial charge in [-0.2, -0.15) is 0 Å². The van der Waals surface area contributed by atoms with Crippen LogP contribution in [0.4, 0.5) is 5.69 Å². The highest BCUT2D eigenvalue weighted by atomic mass is 15.2. The first-order chi connectivity index (χ1) is 8.99. The zero-order valence-corrected chi connectivity index (χ0v) is 12.8. The second kappa shape index (κ2) is 5.54. The largest absolute Gasteiger partial charge is 0.367 e. The standard InChI is InChI=1S/C17H28N2/c1-13-6-5-7-16(10-13)19(4)17(12-18)11-14(2)8-9-15(17)3/h5-7,10,14-15H,8-9,11-12,18H2,1-4H3. The van der Waals surface area contributed by atoms with Gasteiger partial charge in [-0.3, -0.25) is 0 Å². The van der Waals surface area contributed by atoms with Gasteiger partial charge >= 0.3 is 0 Å². The van der Waals surface area contributed by atoms with Crippen molar-refractivity contribution < 1.29 is 0 Å². The predicted octanol–water partition coefficient (Wildman–Crippen LogP) is 3.58. The van der Waals surface area contributed by atoms with Crippen molar-refractivity contribution in [3.8, 4) is 0 Å². The SMILES string of the molecule is Cc1cccc(N(C)C2(CN)CC(C)CCC2C)c1. The fourth-order valence-electron chi connectivity index (χ4n) is 3.69. The molecule has 1 aliphatic carbocycles. The van der Waals surface area contributed by atoms with E-state index in [-0.39, 0.29) is 5.54 Å². The molecule has 0 heterocycles. The number of anilines is 1. The highest BCUT2D eigenvalue weighted by Gasteiger charge is 2.42. The van der Waals surface area contributed by atoms with Gasteiger partial charge in [0.1, 0.15) is 0 Å². The third-order valence-corrected chi connectivity index (χ3v) is 5.12. The van der Waals surface area contributed by atoms with E-state index in [2.05, 4.69) is 57.0 Å². The normalized spacial score (nSPS) is 31.2. The van der Waals surface area contributed by atoms with Gasteiger partial charge in [0.15, 0.2) is 0 Å². The number of nitrogens with zero attached hydrogens (tertiary/aromatic N) is 1. The summed E-state index contributed by atoms with van der Waals surface area (Å²) in [6, 6.07) is 8.77. The third-order valence-electron chi connectivity index (χ3n) is 5.12. The van der Waals surface area contributed by atoms with Crippen LogP contribution in [0.25, 0.3) is 0 Å². The van der Waals surface area contributed by atoms with Crippen LogP contribution in [0.2, 0.25) is 0 Å². The quantitative estimate of drug-likeness (QED) is 0.900. The zero-order chi connectivity index (χ0) is 14.0. The minimum absolute atomic E-state index is 0.117. The Bertz CT molecular complexity index is 429.